The molecular formula is C10H8F3NOS. The van der Waals surface area contributed by atoms with Gasteiger partial charge in [0.05, 0.1) is 11.3 Å². The Hall–Kier alpha value is -1.26. The standard InChI is InChI=1S/C10H8F3NOS/c1-16-5-7-3-2-4-8(10(11,12)13)9(7)14-6-15/h2-4H,5H2,1H3. The van der Waals surface area contributed by atoms with Crippen molar-refractivity contribution in [3.8, 4) is 0 Å². The van der Waals surface area contributed by atoms with E-state index in [-0.39, 0.29) is 5.69 Å². The van der Waals surface area contributed by atoms with Crippen molar-refractivity contribution in [3.63, 3.8) is 0 Å². The number of isocyanates is 1. The monoisotopic (exact) mass is 247 g/mol. The Labute approximate surface area is 94.6 Å². The molecule has 0 aromatic heterocycles. The Morgan fingerprint density at radius 3 is 2.62 bits per heavy atom. The van der Waals surface area contributed by atoms with Gasteiger partial charge in [0.25, 0.3) is 0 Å². The van der Waals surface area contributed by atoms with Gasteiger partial charge in [0, 0.05) is 5.75 Å². The van der Waals surface area contributed by atoms with E-state index >= 15 is 0 Å². The minimum atomic E-state index is -4.51. The molecule has 1 aromatic carbocycles. The number of aliphatic imine (C=N–C) groups is 1. The van der Waals surface area contributed by atoms with Crippen LogP contribution in [0.5, 0.6) is 0 Å². The van der Waals surface area contributed by atoms with Crippen LogP contribution in [-0.4, -0.2) is 12.3 Å². The number of carbonyl (C=O) groups excluding carboxylic acids is 1. The average molecular weight is 247 g/mol. The second-order valence-corrected chi connectivity index (χ2v) is 3.81. The Bertz CT molecular complexity index is 425. The molecule has 16 heavy (non-hydrogen) atoms. The predicted octanol–water partition coefficient (Wildman–Crippen LogP) is 3.54. The van der Waals surface area contributed by atoms with E-state index < -0.39 is 11.7 Å². The molecule has 0 aliphatic heterocycles. The SMILES string of the molecule is CSCc1cccc(C(F)(F)F)c1N=C=O. The molecule has 1 rings (SSSR count). The van der Waals surface area contributed by atoms with E-state index in [1.54, 1.807) is 6.26 Å². The summed E-state index contributed by atoms with van der Waals surface area (Å²) in [5.74, 6) is 0.366. The highest BCUT2D eigenvalue weighted by atomic mass is 32.2. The maximum absolute atomic E-state index is 12.6. The average Bonchev–Trinajstić information content (AvgIpc) is 2.19. The van der Waals surface area contributed by atoms with Gasteiger partial charge in [-0.15, -0.1) is 0 Å². The summed E-state index contributed by atoms with van der Waals surface area (Å²) in [6, 6.07) is 3.72. The van der Waals surface area contributed by atoms with Crippen molar-refractivity contribution in [1.29, 1.82) is 0 Å². The topological polar surface area (TPSA) is 29.4 Å². The van der Waals surface area contributed by atoms with Crippen LogP contribution in [-0.2, 0) is 16.7 Å². The molecule has 0 N–H and O–H groups in total. The van der Waals surface area contributed by atoms with E-state index in [1.807, 2.05) is 0 Å². The van der Waals surface area contributed by atoms with Gasteiger partial charge in [-0.3, -0.25) is 0 Å². The fourth-order valence-corrected chi connectivity index (χ4v) is 1.81. The normalized spacial score (nSPS) is 11.0. The lowest BCUT2D eigenvalue weighted by molar-refractivity contribution is -0.137. The van der Waals surface area contributed by atoms with E-state index in [0.717, 1.165) is 12.1 Å². The van der Waals surface area contributed by atoms with Gasteiger partial charge >= 0.3 is 6.18 Å². The molecule has 0 saturated carbocycles. The minimum Gasteiger partial charge on any atom is -0.211 e. The molecule has 0 amide bonds. The van der Waals surface area contributed by atoms with Gasteiger partial charge in [-0.25, -0.2) is 4.79 Å². The maximum Gasteiger partial charge on any atom is 0.418 e. The van der Waals surface area contributed by atoms with Crippen molar-refractivity contribution in [3.05, 3.63) is 29.3 Å². The Balaban J connectivity index is 3.38. The first-order chi connectivity index (χ1) is 7.50. The van der Waals surface area contributed by atoms with Gasteiger partial charge < -0.3 is 0 Å². The number of rotatable bonds is 3. The minimum absolute atomic E-state index is 0.334. The fraction of sp³-hybridized carbons (Fsp3) is 0.300. The lowest BCUT2D eigenvalue weighted by Crippen LogP contribution is -2.06. The molecule has 86 valence electrons. The van der Waals surface area contributed by atoms with Crippen LogP contribution in [0.4, 0.5) is 18.9 Å². The summed E-state index contributed by atoms with van der Waals surface area (Å²) in [6.07, 6.45) is -1.59. The summed E-state index contributed by atoms with van der Waals surface area (Å²) in [4.78, 5) is 13.3. The highest BCUT2D eigenvalue weighted by Gasteiger charge is 2.34. The summed E-state index contributed by atoms with van der Waals surface area (Å²) in [7, 11) is 0. The molecule has 0 bridgehead atoms. The van der Waals surface area contributed by atoms with Crippen molar-refractivity contribution in [2.45, 2.75) is 11.9 Å². The van der Waals surface area contributed by atoms with E-state index in [9.17, 15) is 18.0 Å². The molecule has 0 aliphatic carbocycles. The van der Waals surface area contributed by atoms with Gasteiger partial charge in [-0.05, 0) is 17.9 Å². The molecule has 1 aromatic rings. The Morgan fingerprint density at radius 2 is 2.12 bits per heavy atom. The third kappa shape index (κ3) is 2.87. The molecule has 6 heteroatoms. The lowest BCUT2D eigenvalue weighted by Gasteiger charge is -2.11. The van der Waals surface area contributed by atoms with Gasteiger partial charge in [0.15, 0.2) is 0 Å². The Kier molecular flexibility index (Phi) is 4.15. The zero-order chi connectivity index (χ0) is 12.2. The van der Waals surface area contributed by atoms with E-state index in [4.69, 9.17) is 0 Å². The molecular weight excluding hydrogens is 239 g/mol. The highest BCUT2D eigenvalue weighted by molar-refractivity contribution is 7.97. The summed E-state index contributed by atoms with van der Waals surface area (Å²) in [5, 5.41) is 0. The molecule has 0 atom stereocenters. The van der Waals surface area contributed by atoms with Gasteiger partial charge in [0.1, 0.15) is 0 Å². The van der Waals surface area contributed by atoms with Crippen molar-refractivity contribution < 1.29 is 18.0 Å². The highest BCUT2D eigenvalue weighted by Crippen LogP contribution is 2.38. The number of para-hydroxylation sites is 1. The Morgan fingerprint density at radius 1 is 1.44 bits per heavy atom. The van der Waals surface area contributed by atoms with Crippen LogP contribution in [0.3, 0.4) is 0 Å². The number of alkyl halides is 3. The third-order valence-corrected chi connectivity index (χ3v) is 2.48. The first-order valence-corrected chi connectivity index (χ1v) is 5.66. The molecule has 0 fully saturated rings. The number of thioether (sulfide) groups is 1. The van der Waals surface area contributed by atoms with Gasteiger partial charge in [-0.2, -0.15) is 29.9 Å². The molecule has 2 nitrogen and oxygen atoms in total. The molecule has 0 unspecified atom stereocenters. The molecule has 0 radical (unpaired) electrons. The smallest absolute Gasteiger partial charge is 0.211 e. The van der Waals surface area contributed by atoms with Crippen molar-refractivity contribution >= 4 is 23.5 Å². The van der Waals surface area contributed by atoms with Crippen LogP contribution < -0.4 is 0 Å². The number of benzene rings is 1. The third-order valence-electron chi connectivity index (χ3n) is 1.88. The molecule has 0 spiro atoms. The lowest BCUT2D eigenvalue weighted by atomic mass is 10.1. The zero-order valence-electron chi connectivity index (χ0n) is 8.34. The second kappa shape index (κ2) is 5.18. The fourth-order valence-electron chi connectivity index (χ4n) is 1.27. The van der Waals surface area contributed by atoms with E-state index in [1.165, 1.54) is 23.9 Å². The van der Waals surface area contributed by atoms with Crippen molar-refractivity contribution in [2.24, 2.45) is 4.99 Å². The first-order valence-electron chi connectivity index (χ1n) is 4.26. The van der Waals surface area contributed by atoms with Gasteiger partial charge in [0.2, 0.25) is 6.08 Å². The largest absolute Gasteiger partial charge is 0.418 e. The first kappa shape index (κ1) is 12.8. The van der Waals surface area contributed by atoms with Crippen LogP contribution in [0.2, 0.25) is 0 Å². The van der Waals surface area contributed by atoms with Crippen molar-refractivity contribution in [1.82, 2.24) is 0 Å². The van der Waals surface area contributed by atoms with E-state index in [0.29, 0.717) is 11.3 Å². The van der Waals surface area contributed by atoms with Crippen LogP contribution in [0.1, 0.15) is 11.1 Å². The second-order valence-electron chi connectivity index (χ2n) is 2.95. The predicted molar refractivity (Wildman–Crippen MR) is 56.4 cm³/mol. The number of nitrogens with zero attached hydrogens (tertiary/aromatic N) is 1. The summed E-state index contributed by atoms with van der Waals surface area (Å²) in [5.41, 5.74) is -0.854. The molecule has 0 saturated heterocycles. The maximum atomic E-state index is 12.6. The van der Waals surface area contributed by atoms with Crippen LogP contribution in [0, 0.1) is 0 Å². The molecule has 0 aliphatic rings. The van der Waals surface area contributed by atoms with Crippen LogP contribution >= 0.6 is 11.8 Å². The molecule has 0 heterocycles. The van der Waals surface area contributed by atoms with Crippen LogP contribution in [0.15, 0.2) is 23.2 Å². The number of hydrogen-bond acceptors (Lipinski definition) is 3. The zero-order valence-corrected chi connectivity index (χ0v) is 9.15. The number of halogens is 3. The number of hydrogen-bond donors (Lipinski definition) is 0. The summed E-state index contributed by atoms with van der Waals surface area (Å²) in [6.45, 7) is 0. The summed E-state index contributed by atoms with van der Waals surface area (Å²) < 4.78 is 37.8. The van der Waals surface area contributed by atoms with Crippen molar-refractivity contribution in [2.75, 3.05) is 6.26 Å². The van der Waals surface area contributed by atoms with Crippen LogP contribution in [0.25, 0.3) is 0 Å². The quantitative estimate of drug-likeness (QED) is 0.604. The summed E-state index contributed by atoms with van der Waals surface area (Å²) >= 11 is 1.36. The van der Waals surface area contributed by atoms with E-state index in [2.05, 4.69) is 4.99 Å². The van der Waals surface area contributed by atoms with Gasteiger partial charge in [-0.1, -0.05) is 12.1 Å².